The molecular weight excluding hydrogens is 445 g/mol. The van der Waals surface area contributed by atoms with E-state index in [4.69, 9.17) is 0 Å². The van der Waals surface area contributed by atoms with Gasteiger partial charge in [0.25, 0.3) is 5.91 Å². The number of halogens is 1. The van der Waals surface area contributed by atoms with Gasteiger partial charge in [-0.15, -0.1) is 0 Å². The van der Waals surface area contributed by atoms with Crippen molar-refractivity contribution in [3.63, 3.8) is 0 Å². The Kier molecular flexibility index (Phi) is 8.08. The van der Waals surface area contributed by atoms with Crippen molar-refractivity contribution in [3.8, 4) is 11.1 Å². The lowest BCUT2D eigenvalue weighted by molar-refractivity contribution is -0.140. The van der Waals surface area contributed by atoms with E-state index in [1.165, 1.54) is 37.6 Å². The monoisotopic (exact) mass is 475 g/mol. The van der Waals surface area contributed by atoms with E-state index in [1.54, 1.807) is 24.4 Å². The molecule has 0 radical (unpaired) electrons. The number of hydrogen-bond donors (Lipinski definition) is 2. The minimum Gasteiger partial charge on any atom is -0.469 e. The fourth-order valence-electron chi connectivity index (χ4n) is 4.54. The summed E-state index contributed by atoms with van der Waals surface area (Å²) in [6.07, 6.45) is 6.40. The molecule has 1 amide bonds. The van der Waals surface area contributed by atoms with Crippen molar-refractivity contribution in [1.29, 1.82) is 0 Å². The van der Waals surface area contributed by atoms with Gasteiger partial charge in [-0.3, -0.25) is 9.59 Å². The molecule has 4 rings (SSSR count). The number of benzene rings is 2. The number of carbonyl (C=O) groups is 2. The minimum atomic E-state index is -0.369. The van der Waals surface area contributed by atoms with Crippen molar-refractivity contribution in [2.45, 2.75) is 38.1 Å². The lowest BCUT2D eigenvalue weighted by Crippen LogP contribution is -2.26. The maximum Gasteiger partial charge on any atom is 0.307 e. The maximum absolute atomic E-state index is 13.3. The quantitative estimate of drug-likeness (QED) is 0.398. The number of anilines is 1. The molecule has 2 aromatic carbocycles. The summed E-state index contributed by atoms with van der Waals surface area (Å²) in [5.74, 6) is 0.307. The first-order chi connectivity index (χ1) is 17.0. The van der Waals surface area contributed by atoms with Gasteiger partial charge >= 0.3 is 5.97 Å². The fourth-order valence-corrected chi connectivity index (χ4v) is 4.54. The Morgan fingerprint density at radius 2 is 1.66 bits per heavy atom. The van der Waals surface area contributed by atoms with Gasteiger partial charge < -0.3 is 15.4 Å². The summed E-state index contributed by atoms with van der Waals surface area (Å²) in [6.45, 7) is 0.211. The highest BCUT2D eigenvalue weighted by atomic mass is 19.1. The van der Waals surface area contributed by atoms with Gasteiger partial charge in [0.05, 0.1) is 25.1 Å². The third-order valence-electron chi connectivity index (χ3n) is 6.49. The molecule has 6 nitrogen and oxygen atoms in total. The summed E-state index contributed by atoms with van der Waals surface area (Å²) in [5, 5.41) is 6.28. The van der Waals surface area contributed by atoms with Crippen LogP contribution in [0.2, 0.25) is 0 Å². The van der Waals surface area contributed by atoms with Crippen LogP contribution in [0.1, 0.15) is 54.1 Å². The molecule has 1 aromatic heterocycles. The lowest BCUT2D eigenvalue weighted by Gasteiger charge is -2.26. The predicted molar refractivity (Wildman–Crippen MR) is 133 cm³/mol. The molecule has 0 aliphatic heterocycles. The van der Waals surface area contributed by atoms with E-state index in [1.807, 2.05) is 6.07 Å². The Bertz CT molecular complexity index is 1130. The lowest BCUT2D eigenvalue weighted by atomic mass is 9.90. The molecule has 1 saturated carbocycles. The van der Waals surface area contributed by atoms with Gasteiger partial charge in [0.2, 0.25) is 0 Å². The molecule has 1 aliphatic rings. The highest BCUT2D eigenvalue weighted by Gasteiger charge is 2.26. The molecule has 2 N–H and O–H groups in total. The van der Waals surface area contributed by atoms with Gasteiger partial charge in [-0.1, -0.05) is 49.2 Å². The molecular formula is C28H30FN3O3. The minimum absolute atomic E-state index is 0.104. The second-order valence-electron chi connectivity index (χ2n) is 8.81. The number of ether oxygens (including phenoxy) is 1. The van der Waals surface area contributed by atoms with E-state index in [9.17, 15) is 14.0 Å². The van der Waals surface area contributed by atoms with E-state index in [0.29, 0.717) is 17.3 Å². The van der Waals surface area contributed by atoms with Gasteiger partial charge in [0.1, 0.15) is 11.6 Å². The summed E-state index contributed by atoms with van der Waals surface area (Å²) in [7, 11) is 1.32. The van der Waals surface area contributed by atoms with E-state index >= 15 is 0 Å². The standard InChI is InChI=1S/C28H30FN3O3/c1-35-26(33)16-17-30-28(34)23-12-15-25(31-18-23)32-27(21-4-2-3-5-21)22-8-6-19(7-9-22)20-10-13-24(29)14-11-20/h6-15,18,21,27H,2-5,16-17H2,1H3,(H,30,34)(H,31,32)/t27-/m0/s1. The molecule has 1 heterocycles. The third kappa shape index (κ3) is 6.44. The summed E-state index contributed by atoms with van der Waals surface area (Å²) < 4.78 is 17.8. The molecule has 1 atom stereocenters. The Morgan fingerprint density at radius 1 is 1.00 bits per heavy atom. The zero-order chi connectivity index (χ0) is 24.6. The number of aromatic nitrogens is 1. The molecule has 0 spiro atoms. The summed E-state index contributed by atoms with van der Waals surface area (Å²) >= 11 is 0. The molecule has 1 aliphatic carbocycles. The van der Waals surface area contributed by atoms with Crippen LogP contribution in [0, 0.1) is 11.7 Å². The van der Waals surface area contributed by atoms with Crippen LogP contribution in [0.15, 0.2) is 66.9 Å². The second kappa shape index (κ2) is 11.6. The second-order valence-corrected chi connectivity index (χ2v) is 8.81. The zero-order valence-corrected chi connectivity index (χ0v) is 19.8. The van der Waals surface area contributed by atoms with E-state index < -0.39 is 0 Å². The Morgan fingerprint density at radius 3 is 2.26 bits per heavy atom. The van der Waals surface area contributed by atoms with E-state index in [0.717, 1.165) is 24.0 Å². The third-order valence-corrected chi connectivity index (χ3v) is 6.49. The van der Waals surface area contributed by atoms with Gasteiger partial charge in [0, 0.05) is 12.7 Å². The highest BCUT2D eigenvalue weighted by Crippen LogP contribution is 2.38. The molecule has 7 heteroatoms. The summed E-state index contributed by atoms with van der Waals surface area (Å²) in [5.41, 5.74) is 3.63. The van der Waals surface area contributed by atoms with Crippen LogP contribution in [0.3, 0.4) is 0 Å². The van der Waals surface area contributed by atoms with Crippen LogP contribution >= 0.6 is 0 Å². The first-order valence-corrected chi connectivity index (χ1v) is 12.0. The Balaban J connectivity index is 1.45. The maximum atomic E-state index is 13.3. The number of esters is 1. The van der Waals surface area contributed by atoms with Gasteiger partial charge in [-0.05, 0) is 59.7 Å². The van der Waals surface area contributed by atoms with Crippen molar-refractivity contribution < 1.29 is 18.7 Å². The van der Waals surface area contributed by atoms with Crippen molar-refractivity contribution in [1.82, 2.24) is 10.3 Å². The molecule has 0 unspecified atom stereocenters. The number of hydrogen-bond acceptors (Lipinski definition) is 5. The first-order valence-electron chi connectivity index (χ1n) is 12.0. The molecule has 0 bridgehead atoms. The first kappa shape index (κ1) is 24.4. The number of methoxy groups -OCH3 is 1. The highest BCUT2D eigenvalue weighted by molar-refractivity contribution is 5.94. The fraction of sp³-hybridized carbons (Fsp3) is 0.321. The van der Waals surface area contributed by atoms with Gasteiger partial charge in [-0.25, -0.2) is 9.37 Å². The normalized spacial score (nSPS) is 14.3. The largest absolute Gasteiger partial charge is 0.469 e. The number of carbonyl (C=O) groups excluding carboxylic acids is 2. The molecule has 3 aromatic rings. The van der Waals surface area contributed by atoms with Crippen LogP contribution in [0.5, 0.6) is 0 Å². The summed E-state index contributed by atoms with van der Waals surface area (Å²) in [6, 6.07) is 18.5. The smallest absolute Gasteiger partial charge is 0.307 e. The van der Waals surface area contributed by atoms with Crippen molar-refractivity contribution in [2.24, 2.45) is 5.92 Å². The Labute approximate surface area is 204 Å². The molecule has 0 saturated heterocycles. The number of rotatable bonds is 9. The number of amides is 1. The predicted octanol–water partition coefficient (Wildman–Crippen LogP) is 5.52. The van der Waals surface area contributed by atoms with E-state index in [2.05, 4.69) is 44.6 Å². The number of pyridine rings is 1. The number of nitrogens with one attached hydrogen (secondary N) is 2. The molecule has 182 valence electrons. The molecule has 1 fully saturated rings. The zero-order valence-electron chi connectivity index (χ0n) is 19.8. The number of nitrogens with zero attached hydrogens (tertiary/aromatic N) is 1. The van der Waals surface area contributed by atoms with Crippen LogP contribution in [-0.4, -0.2) is 30.5 Å². The van der Waals surface area contributed by atoms with Crippen LogP contribution in [0.25, 0.3) is 11.1 Å². The topological polar surface area (TPSA) is 80.3 Å². The van der Waals surface area contributed by atoms with Crippen molar-refractivity contribution >= 4 is 17.7 Å². The van der Waals surface area contributed by atoms with Crippen LogP contribution in [-0.2, 0) is 9.53 Å². The van der Waals surface area contributed by atoms with Crippen molar-refractivity contribution in [2.75, 3.05) is 19.0 Å². The summed E-state index contributed by atoms with van der Waals surface area (Å²) in [4.78, 5) is 28.0. The van der Waals surface area contributed by atoms with Crippen LogP contribution in [0.4, 0.5) is 10.2 Å². The van der Waals surface area contributed by atoms with Gasteiger partial charge in [-0.2, -0.15) is 0 Å². The average molecular weight is 476 g/mol. The van der Waals surface area contributed by atoms with E-state index in [-0.39, 0.29) is 36.7 Å². The van der Waals surface area contributed by atoms with Crippen LogP contribution < -0.4 is 10.6 Å². The van der Waals surface area contributed by atoms with Crippen molar-refractivity contribution in [3.05, 3.63) is 83.8 Å². The SMILES string of the molecule is COC(=O)CCNC(=O)c1ccc(N[C@H](c2ccc(-c3ccc(F)cc3)cc2)C2CCCC2)nc1. The molecule has 35 heavy (non-hydrogen) atoms. The Hall–Kier alpha value is -3.74. The average Bonchev–Trinajstić information content (AvgIpc) is 3.43. The van der Waals surface area contributed by atoms with Gasteiger partial charge in [0.15, 0.2) is 0 Å².